The maximum absolute atomic E-state index is 12.6. The first kappa shape index (κ1) is 20.5. The van der Waals surface area contributed by atoms with Gasteiger partial charge in [0.2, 0.25) is 15.9 Å². The van der Waals surface area contributed by atoms with Gasteiger partial charge in [0.05, 0.1) is 10.9 Å². The van der Waals surface area contributed by atoms with E-state index in [0.29, 0.717) is 18.8 Å². The van der Waals surface area contributed by atoms with Gasteiger partial charge in [0.15, 0.2) is 0 Å². The van der Waals surface area contributed by atoms with Gasteiger partial charge in [0, 0.05) is 24.8 Å². The summed E-state index contributed by atoms with van der Waals surface area (Å²) in [5.74, 6) is -0.169. The van der Waals surface area contributed by atoms with Crippen molar-refractivity contribution in [1.29, 1.82) is 0 Å². The van der Waals surface area contributed by atoms with E-state index in [9.17, 15) is 13.2 Å². The fourth-order valence-electron chi connectivity index (χ4n) is 3.33. The molecule has 7 heteroatoms. The van der Waals surface area contributed by atoms with E-state index in [1.165, 1.54) is 4.31 Å². The van der Waals surface area contributed by atoms with Crippen LogP contribution in [0.3, 0.4) is 0 Å². The highest BCUT2D eigenvalue weighted by Crippen LogP contribution is 2.22. The van der Waals surface area contributed by atoms with Crippen LogP contribution in [0.15, 0.2) is 59.5 Å². The number of sulfonamides is 1. The van der Waals surface area contributed by atoms with E-state index in [1.54, 1.807) is 31.2 Å². The Morgan fingerprint density at radius 2 is 1.57 bits per heavy atom. The quantitative estimate of drug-likeness (QED) is 0.747. The van der Waals surface area contributed by atoms with Crippen molar-refractivity contribution in [1.82, 2.24) is 9.62 Å². The first-order chi connectivity index (χ1) is 13.4. The molecule has 0 aliphatic carbocycles. The van der Waals surface area contributed by atoms with Gasteiger partial charge in [0.1, 0.15) is 0 Å². The number of carbonyl (C=O) groups excluding carboxylic acids is 1. The zero-order valence-electron chi connectivity index (χ0n) is 16.3. The number of hydrogen-bond donors (Lipinski definition) is 2. The van der Waals surface area contributed by atoms with Crippen LogP contribution in [-0.2, 0) is 14.8 Å². The Balaban J connectivity index is 1.59. The van der Waals surface area contributed by atoms with Crippen LogP contribution in [0.2, 0.25) is 0 Å². The molecule has 6 nitrogen and oxygen atoms in total. The average Bonchev–Trinajstić information content (AvgIpc) is 3.25. The molecule has 3 rings (SSSR count). The van der Waals surface area contributed by atoms with Crippen molar-refractivity contribution in [2.24, 2.45) is 0 Å². The average molecular weight is 402 g/mol. The normalized spacial score (nSPS) is 17.2. The van der Waals surface area contributed by atoms with Crippen LogP contribution in [0.1, 0.15) is 38.3 Å². The third-order valence-electron chi connectivity index (χ3n) is 5.02. The molecule has 0 spiro atoms. The summed E-state index contributed by atoms with van der Waals surface area (Å²) in [6.07, 6.45) is 1.80. The van der Waals surface area contributed by atoms with Crippen LogP contribution in [0.25, 0.3) is 0 Å². The van der Waals surface area contributed by atoms with Crippen molar-refractivity contribution in [2.75, 3.05) is 18.4 Å². The van der Waals surface area contributed by atoms with E-state index in [0.717, 1.165) is 18.4 Å². The maximum Gasteiger partial charge on any atom is 0.243 e. The molecule has 1 amide bonds. The molecule has 0 aromatic heterocycles. The van der Waals surface area contributed by atoms with Gasteiger partial charge in [-0.3, -0.25) is 10.1 Å². The SMILES string of the molecule is C[C@@H](N[C@H](C)c1ccccc1)C(=O)Nc1ccc(S(=O)(=O)N2CCCC2)cc1. The van der Waals surface area contributed by atoms with Crippen molar-refractivity contribution in [3.05, 3.63) is 60.2 Å². The van der Waals surface area contributed by atoms with Crippen LogP contribution < -0.4 is 10.6 Å². The van der Waals surface area contributed by atoms with Crippen molar-refractivity contribution in [3.8, 4) is 0 Å². The fraction of sp³-hybridized carbons (Fsp3) is 0.381. The second kappa shape index (κ2) is 8.86. The third-order valence-corrected chi connectivity index (χ3v) is 6.93. The van der Waals surface area contributed by atoms with Crippen LogP contribution in [0.4, 0.5) is 5.69 Å². The van der Waals surface area contributed by atoms with Gasteiger partial charge in [-0.25, -0.2) is 8.42 Å². The van der Waals surface area contributed by atoms with Gasteiger partial charge >= 0.3 is 0 Å². The summed E-state index contributed by atoms with van der Waals surface area (Å²) in [4.78, 5) is 12.7. The molecule has 0 saturated carbocycles. The summed E-state index contributed by atoms with van der Waals surface area (Å²) in [6.45, 7) is 4.96. The largest absolute Gasteiger partial charge is 0.325 e. The molecule has 2 atom stereocenters. The van der Waals surface area contributed by atoms with Crippen molar-refractivity contribution in [3.63, 3.8) is 0 Å². The molecule has 2 N–H and O–H groups in total. The molecular formula is C21H27N3O3S. The van der Waals surface area contributed by atoms with Crippen LogP contribution in [-0.4, -0.2) is 37.8 Å². The van der Waals surface area contributed by atoms with Crippen molar-refractivity contribution < 1.29 is 13.2 Å². The molecule has 1 aliphatic heterocycles. The molecular weight excluding hydrogens is 374 g/mol. The number of benzene rings is 2. The van der Waals surface area contributed by atoms with Gasteiger partial charge in [-0.2, -0.15) is 4.31 Å². The standard InChI is InChI=1S/C21H27N3O3S/c1-16(18-8-4-3-5-9-18)22-17(2)21(25)23-19-10-12-20(13-11-19)28(26,27)24-14-6-7-15-24/h3-5,8-13,16-17,22H,6-7,14-15H2,1-2H3,(H,23,25)/t16-,17-/m1/s1. The number of nitrogens with one attached hydrogen (secondary N) is 2. The highest BCUT2D eigenvalue weighted by atomic mass is 32.2. The van der Waals surface area contributed by atoms with Crippen LogP contribution in [0.5, 0.6) is 0 Å². The minimum absolute atomic E-state index is 0.0370. The minimum Gasteiger partial charge on any atom is -0.325 e. The molecule has 0 radical (unpaired) electrons. The Morgan fingerprint density at radius 3 is 2.18 bits per heavy atom. The van der Waals surface area contributed by atoms with E-state index in [1.807, 2.05) is 37.3 Å². The number of anilines is 1. The van der Waals surface area contributed by atoms with E-state index in [-0.39, 0.29) is 16.8 Å². The topological polar surface area (TPSA) is 78.5 Å². The Bertz CT molecular complexity index is 892. The second-order valence-corrected chi connectivity index (χ2v) is 9.08. The lowest BCUT2D eigenvalue weighted by Gasteiger charge is -2.20. The molecule has 0 bridgehead atoms. The fourth-order valence-corrected chi connectivity index (χ4v) is 4.84. The number of amides is 1. The molecule has 1 saturated heterocycles. The zero-order valence-corrected chi connectivity index (χ0v) is 17.1. The van der Waals surface area contributed by atoms with Crippen LogP contribution >= 0.6 is 0 Å². The number of carbonyl (C=O) groups is 1. The molecule has 0 unspecified atom stereocenters. The zero-order chi connectivity index (χ0) is 20.1. The lowest BCUT2D eigenvalue weighted by molar-refractivity contribution is -0.117. The van der Waals surface area contributed by atoms with Gasteiger partial charge in [-0.05, 0) is 56.5 Å². The van der Waals surface area contributed by atoms with Gasteiger partial charge in [0.25, 0.3) is 0 Å². The van der Waals surface area contributed by atoms with Gasteiger partial charge < -0.3 is 5.32 Å². The summed E-state index contributed by atoms with van der Waals surface area (Å²) in [7, 11) is -3.44. The lowest BCUT2D eigenvalue weighted by Crippen LogP contribution is -2.39. The first-order valence-electron chi connectivity index (χ1n) is 9.60. The highest BCUT2D eigenvalue weighted by molar-refractivity contribution is 7.89. The van der Waals surface area contributed by atoms with Gasteiger partial charge in [-0.1, -0.05) is 30.3 Å². The molecule has 2 aromatic carbocycles. The number of hydrogen-bond acceptors (Lipinski definition) is 4. The second-order valence-electron chi connectivity index (χ2n) is 7.15. The summed E-state index contributed by atoms with van der Waals surface area (Å²) < 4.78 is 26.6. The molecule has 2 aromatic rings. The Morgan fingerprint density at radius 1 is 0.964 bits per heavy atom. The molecule has 1 fully saturated rings. The van der Waals surface area contributed by atoms with Crippen molar-refractivity contribution >= 4 is 21.6 Å². The predicted molar refractivity (Wildman–Crippen MR) is 111 cm³/mol. The Labute approximate surface area is 167 Å². The molecule has 1 heterocycles. The van der Waals surface area contributed by atoms with Gasteiger partial charge in [-0.15, -0.1) is 0 Å². The summed E-state index contributed by atoms with van der Waals surface area (Å²) >= 11 is 0. The van der Waals surface area contributed by atoms with Crippen molar-refractivity contribution in [2.45, 2.75) is 43.7 Å². The molecule has 150 valence electrons. The summed E-state index contributed by atoms with van der Waals surface area (Å²) in [5, 5.41) is 6.11. The lowest BCUT2D eigenvalue weighted by atomic mass is 10.1. The van der Waals surface area contributed by atoms with E-state index < -0.39 is 16.1 Å². The Hall–Kier alpha value is -2.22. The first-order valence-corrected chi connectivity index (χ1v) is 11.0. The van der Waals surface area contributed by atoms with Crippen LogP contribution in [0, 0.1) is 0 Å². The monoisotopic (exact) mass is 401 g/mol. The highest BCUT2D eigenvalue weighted by Gasteiger charge is 2.27. The third kappa shape index (κ3) is 4.79. The predicted octanol–water partition coefficient (Wildman–Crippen LogP) is 3.15. The van der Waals surface area contributed by atoms with E-state index >= 15 is 0 Å². The molecule has 28 heavy (non-hydrogen) atoms. The smallest absolute Gasteiger partial charge is 0.243 e. The maximum atomic E-state index is 12.6. The Kier molecular flexibility index (Phi) is 6.49. The van der Waals surface area contributed by atoms with E-state index in [2.05, 4.69) is 10.6 Å². The van der Waals surface area contributed by atoms with E-state index in [4.69, 9.17) is 0 Å². The number of rotatable bonds is 7. The number of nitrogens with zero attached hydrogens (tertiary/aromatic N) is 1. The minimum atomic E-state index is -3.44. The summed E-state index contributed by atoms with van der Waals surface area (Å²) in [5.41, 5.74) is 1.69. The molecule has 1 aliphatic rings. The summed E-state index contributed by atoms with van der Waals surface area (Å²) in [6, 6.07) is 15.9.